The maximum atomic E-state index is 10.4. The van der Waals surface area contributed by atoms with E-state index in [0.717, 1.165) is 0 Å². The quantitative estimate of drug-likeness (QED) is 0.242. The molecule has 0 rings (SSSR count). The van der Waals surface area contributed by atoms with Crippen molar-refractivity contribution in [1.82, 2.24) is 10.6 Å². The minimum atomic E-state index is -0.583. The van der Waals surface area contributed by atoms with Crippen molar-refractivity contribution in [3.05, 3.63) is 0 Å². The molecule has 0 atom stereocenters. The van der Waals surface area contributed by atoms with Crippen LogP contribution in [0.2, 0.25) is 0 Å². The predicted molar refractivity (Wildman–Crippen MR) is 84.4 cm³/mol. The van der Waals surface area contributed by atoms with Gasteiger partial charge in [-0.1, -0.05) is 17.2 Å². The predicted octanol–water partition coefficient (Wildman–Crippen LogP) is 2.03. The van der Waals surface area contributed by atoms with E-state index in [1.807, 2.05) is 13.2 Å². The summed E-state index contributed by atoms with van der Waals surface area (Å²) in [7, 11) is 2.94. The van der Waals surface area contributed by atoms with Crippen LogP contribution in [0, 0.1) is 0 Å². The molecule has 0 radical (unpaired) electrons. The van der Waals surface area contributed by atoms with Crippen LogP contribution in [0.3, 0.4) is 0 Å². The first kappa shape index (κ1) is 20.9. The number of carbonyl (C=O) groups is 2. The smallest absolute Gasteiger partial charge is 0.323 e. The van der Waals surface area contributed by atoms with E-state index in [4.69, 9.17) is 0 Å². The molecule has 116 valence electrons. The third-order valence-electron chi connectivity index (χ3n) is 1.51. The number of nitrogens with zero attached hydrogens (tertiary/aromatic N) is 2. The molecule has 0 aliphatic rings. The van der Waals surface area contributed by atoms with Gasteiger partial charge in [0.25, 0.3) is 0 Å². The fourth-order valence-electron chi connectivity index (χ4n) is 0.393. The average molecular weight is 324 g/mol. The number of rotatable bonds is 3. The van der Waals surface area contributed by atoms with Gasteiger partial charge in [0.05, 0.1) is 0 Å². The third-order valence-corrected chi connectivity index (χ3v) is 2.57. The lowest BCUT2D eigenvalue weighted by Gasteiger charge is -1.95. The van der Waals surface area contributed by atoms with Crippen LogP contribution >= 0.6 is 24.4 Å². The maximum absolute atomic E-state index is 10.4. The van der Waals surface area contributed by atoms with Gasteiger partial charge in [0, 0.05) is 14.1 Å². The fourth-order valence-corrected chi connectivity index (χ4v) is 0.546. The molecule has 0 unspecified atom stereocenters. The molecule has 0 aromatic heterocycles. The van der Waals surface area contributed by atoms with E-state index in [-0.39, 0.29) is 0 Å². The van der Waals surface area contributed by atoms with Gasteiger partial charge < -0.3 is 10.6 Å². The van der Waals surface area contributed by atoms with Crippen LogP contribution < -0.4 is 10.6 Å². The molecule has 2 N–H and O–H groups in total. The van der Waals surface area contributed by atoms with Gasteiger partial charge in [-0.15, -0.1) is 24.4 Å². The number of amides is 2. The van der Waals surface area contributed by atoms with Gasteiger partial charge in [0.1, 0.15) is 10.1 Å². The normalized spacial score (nSPS) is 10.9. The van der Waals surface area contributed by atoms with Gasteiger partial charge >= 0.3 is 12.2 Å². The zero-order valence-electron chi connectivity index (χ0n) is 12.1. The number of hydrogen-bond donors (Lipinski definition) is 3. The molecule has 0 fully saturated rings. The molecule has 0 aliphatic carbocycles. The standard InChI is InChI=1S/2C5H10N2O2S/c1-4(10-3)7-9-5(8)6-2;1-3-4(10)7-9-5(8)6-2/h1-3H3,(H,6,8);3H2,1-2H3,(H,6,8)(H,7,10)/b7-4+;. The highest BCUT2D eigenvalue weighted by molar-refractivity contribution is 8.13. The van der Waals surface area contributed by atoms with Crippen LogP contribution in [0.15, 0.2) is 10.3 Å². The fraction of sp³-hybridized carbons (Fsp3) is 0.600. The summed E-state index contributed by atoms with van der Waals surface area (Å²) in [6.45, 7) is 3.62. The second-order valence-electron chi connectivity index (χ2n) is 2.93. The minimum absolute atomic E-state index is 0.489. The van der Waals surface area contributed by atoms with Crippen LogP contribution in [-0.4, -0.2) is 42.6 Å². The Labute approximate surface area is 128 Å². The largest absolute Gasteiger partial charge is 0.433 e. The van der Waals surface area contributed by atoms with Crippen LogP contribution in [0.25, 0.3) is 0 Å². The number of hydrogen-bond acceptors (Lipinski definition) is 7. The summed E-state index contributed by atoms with van der Waals surface area (Å²) in [4.78, 5) is 29.4. The molecule has 0 saturated heterocycles. The van der Waals surface area contributed by atoms with Gasteiger partial charge in [-0.2, -0.15) is 0 Å². The Hall–Kier alpha value is -1.42. The Bertz CT molecular complexity index is 327. The van der Waals surface area contributed by atoms with Gasteiger partial charge in [-0.3, -0.25) is 9.68 Å². The number of oxime groups is 2. The molecule has 0 heterocycles. The van der Waals surface area contributed by atoms with Crippen LogP contribution in [0.1, 0.15) is 20.3 Å². The third kappa shape index (κ3) is 14.6. The zero-order valence-corrected chi connectivity index (χ0v) is 13.8. The lowest BCUT2D eigenvalue weighted by Crippen LogP contribution is -2.16. The number of thioether (sulfide) groups is 1. The summed E-state index contributed by atoms with van der Waals surface area (Å²) in [6.07, 6.45) is 1.37. The molecule has 0 aromatic carbocycles. The first-order chi connectivity index (χ1) is 9.40. The average Bonchev–Trinajstić information content (AvgIpc) is 2.49. The van der Waals surface area contributed by atoms with E-state index < -0.39 is 12.2 Å². The molecule has 0 bridgehead atoms. The maximum Gasteiger partial charge on any atom is 0.433 e. The Morgan fingerprint density at radius 2 is 1.60 bits per heavy atom. The second kappa shape index (κ2) is 14.0. The molecule has 10 heteroatoms. The zero-order chi connectivity index (χ0) is 16.0. The highest BCUT2D eigenvalue weighted by Gasteiger charge is 1.95. The first-order valence-corrected chi connectivity index (χ1v) is 7.20. The van der Waals surface area contributed by atoms with Crippen molar-refractivity contribution in [1.29, 1.82) is 0 Å². The summed E-state index contributed by atoms with van der Waals surface area (Å²) in [5, 5.41) is 12.6. The van der Waals surface area contributed by atoms with E-state index in [1.165, 1.54) is 25.9 Å². The molecular formula is C10H20N4O4S2. The molecule has 20 heavy (non-hydrogen) atoms. The first-order valence-electron chi connectivity index (χ1n) is 5.53. The summed E-state index contributed by atoms with van der Waals surface area (Å²) in [6, 6.07) is 0. The van der Waals surface area contributed by atoms with Gasteiger partial charge in [-0.25, -0.2) is 9.59 Å². The Morgan fingerprint density at radius 3 is 1.95 bits per heavy atom. The number of nitrogens with one attached hydrogen (secondary N) is 2. The molecule has 0 aromatic rings. The van der Waals surface area contributed by atoms with Crippen molar-refractivity contribution in [3.63, 3.8) is 0 Å². The molecular weight excluding hydrogens is 304 g/mol. The van der Waals surface area contributed by atoms with E-state index in [9.17, 15) is 9.59 Å². The SMILES string of the molecule is CC/C(S)=N\OC(=O)NC.CNC(=O)O/N=C(\C)SC. The Morgan fingerprint density at radius 1 is 1.15 bits per heavy atom. The molecule has 2 amide bonds. The van der Waals surface area contributed by atoms with Crippen molar-refractivity contribution >= 4 is 46.7 Å². The van der Waals surface area contributed by atoms with Crippen LogP contribution in [0.4, 0.5) is 9.59 Å². The van der Waals surface area contributed by atoms with Crippen LogP contribution in [0.5, 0.6) is 0 Å². The van der Waals surface area contributed by atoms with E-state index in [1.54, 1.807) is 6.92 Å². The Kier molecular flexibility index (Phi) is 14.6. The Balaban J connectivity index is 0. The summed E-state index contributed by atoms with van der Waals surface area (Å²) < 4.78 is 0. The topological polar surface area (TPSA) is 101 Å². The van der Waals surface area contributed by atoms with Crippen molar-refractivity contribution in [2.45, 2.75) is 20.3 Å². The molecule has 8 nitrogen and oxygen atoms in total. The van der Waals surface area contributed by atoms with E-state index in [0.29, 0.717) is 16.5 Å². The van der Waals surface area contributed by atoms with Crippen LogP contribution in [-0.2, 0) is 9.68 Å². The second-order valence-corrected chi connectivity index (χ2v) is 4.45. The minimum Gasteiger partial charge on any atom is -0.323 e. The van der Waals surface area contributed by atoms with Gasteiger partial charge in [0.2, 0.25) is 0 Å². The van der Waals surface area contributed by atoms with Gasteiger partial charge in [0.15, 0.2) is 0 Å². The van der Waals surface area contributed by atoms with E-state index >= 15 is 0 Å². The van der Waals surface area contributed by atoms with Crippen molar-refractivity contribution in [3.8, 4) is 0 Å². The highest BCUT2D eigenvalue weighted by Crippen LogP contribution is 1.96. The molecule has 0 spiro atoms. The number of thiol groups is 1. The lowest BCUT2D eigenvalue weighted by molar-refractivity contribution is 0.152. The van der Waals surface area contributed by atoms with Crippen molar-refractivity contribution in [2.75, 3.05) is 20.4 Å². The molecule has 0 saturated carbocycles. The van der Waals surface area contributed by atoms with Crippen molar-refractivity contribution in [2.24, 2.45) is 10.3 Å². The number of carbonyl (C=O) groups excluding carboxylic acids is 2. The summed E-state index contributed by atoms with van der Waals surface area (Å²) >= 11 is 5.31. The molecule has 0 aliphatic heterocycles. The van der Waals surface area contributed by atoms with Gasteiger partial charge in [-0.05, 0) is 19.6 Å². The van der Waals surface area contributed by atoms with E-state index in [2.05, 4.69) is 43.2 Å². The summed E-state index contributed by atoms with van der Waals surface area (Å²) in [5.41, 5.74) is 0. The monoisotopic (exact) mass is 324 g/mol. The summed E-state index contributed by atoms with van der Waals surface area (Å²) in [5.74, 6) is 0. The highest BCUT2D eigenvalue weighted by atomic mass is 32.2. The lowest BCUT2D eigenvalue weighted by atomic mass is 10.5. The van der Waals surface area contributed by atoms with Crippen molar-refractivity contribution < 1.29 is 19.3 Å².